The Balaban J connectivity index is 1.26. The summed E-state index contributed by atoms with van der Waals surface area (Å²) in [7, 11) is 0. The number of halogens is 3. The molecule has 1 saturated carbocycles. The van der Waals surface area contributed by atoms with Gasteiger partial charge in [0.05, 0.1) is 6.54 Å². The Bertz CT molecular complexity index is 1770. The van der Waals surface area contributed by atoms with Gasteiger partial charge in [0.15, 0.2) is 6.10 Å². The molecule has 0 radical (unpaired) electrons. The molecule has 49 heavy (non-hydrogen) atoms. The molecule has 5 rings (SSSR count). The number of ether oxygens (including phenoxy) is 3. The highest BCUT2D eigenvalue weighted by Crippen LogP contribution is 2.29. The molecule has 0 saturated heterocycles. The summed E-state index contributed by atoms with van der Waals surface area (Å²) in [6.45, 7) is 0.940. The van der Waals surface area contributed by atoms with Crippen molar-refractivity contribution in [3.63, 3.8) is 0 Å². The monoisotopic (exact) mass is 805 g/mol. The molecule has 1 heterocycles. The average molecular weight is 806 g/mol. The van der Waals surface area contributed by atoms with Gasteiger partial charge in [-0.25, -0.2) is 19.0 Å². The van der Waals surface area contributed by atoms with Crippen LogP contribution in [0, 0.1) is 9.39 Å². The van der Waals surface area contributed by atoms with E-state index in [1.807, 2.05) is 42.5 Å². The molecular formula is C35H34ClFIN3O8. The maximum absolute atomic E-state index is 14.3. The molecule has 4 aromatic rings. The maximum Gasteiger partial charge on any atom is 0.511 e. The molecule has 0 aliphatic heterocycles. The number of rotatable bonds is 12. The number of hydrazine groups is 1. The molecule has 14 heteroatoms. The number of aliphatic hydroxyl groups excluding tert-OH is 1. The number of hydrogen-bond donors (Lipinski definition) is 2. The number of aliphatic hydroxyl groups is 1. The quantitative estimate of drug-likeness (QED) is 0.0650. The second-order valence-corrected chi connectivity index (χ2v) is 13.1. The summed E-state index contributed by atoms with van der Waals surface area (Å²) in [5.74, 6) is -2.63. The predicted octanol–water partition coefficient (Wildman–Crippen LogP) is 7.29. The minimum Gasteiger partial charge on any atom is -0.431 e. The average Bonchev–Trinajstić information content (AvgIpc) is 3.57. The van der Waals surface area contributed by atoms with Crippen LogP contribution in [0.2, 0.25) is 5.02 Å². The van der Waals surface area contributed by atoms with Crippen molar-refractivity contribution in [3.05, 3.63) is 98.5 Å². The van der Waals surface area contributed by atoms with Crippen LogP contribution in [0.1, 0.15) is 55.1 Å². The molecule has 0 spiro atoms. The van der Waals surface area contributed by atoms with Crippen LogP contribution in [0.15, 0.2) is 77.3 Å². The van der Waals surface area contributed by atoms with Crippen molar-refractivity contribution >= 4 is 52.2 Å². The molecule has 1 aliphatic rings. The van der Waals surface area contributed by atoms with Crippen molar-refractivity contribution in [3.8, 4) is 22.4 Å². The first-order valence-corrected chi connectivity index (χ1v) is 17.1. The fourth-order valence-electron chi connectivity index (χ4n) is 5.29. The zero-order valence-electron chi connectivity index (χ0n) is 26.4. The second kappa shape index (κ2) is 17.1. The standard InChI is InChI=1S/C35H34ClFIN3O8/c1-21(47-35(45)48-25-7-3-2-4-8-25)46-34(44)31(42)20-41(19-22-11-13-23(14-12-22)27-17-24(36)15-16-29(27)38)39-33(43)32-18-30(40-49-32)26-9-5-6-10-28(26)37/h5-6,9-18,21,25,31,42H,2-4,7-8,19-20H2,1H3,(H,39,43)/t21?,31-/m1/s1. The largest absolute Gasteiger partial charge is 0.511 e. The van der Waals surface area contributed by atoms with E-state index in [0.717, 1.165) is 46.8 Å². The van der Waals surface area contributed by atoms with Gasteiger partial charge in [0, 0.05) is 33.7 Å². The van der Waals surface area contributed by atoms with Gasteiger partial charge >= 0.3 is 18.0 Å². The van der Waals surface area contributed by atoms with Crippen molar-refractivity contribution in [2.75, 3.05) is 6.54 Å². The lowest BCUT2D eigenvalue weighted by molar-refractivity contribution is -0.179. The summed E-state index contributed by atoms with van der Waals surface area (Å²) in [6, 6.07) is 20.2. The van der Waals surface area contributed by atoms with E-state index in [-0.39, 0.29) is 29.7 Å². The summed E-state index contributed by atoms with van der Waals surface area (Å²) >= 11 is 8.43. The van der Waals surface area contributed by atoms with Crippen molar-refractivity contribution in [1.29, 1.82) is 0 Å². The van der Waals surface area contributed by atoms with Gasteiger partial charge in [0.25, 0.3) is 0 Å². The lowest BCUT2D eigenvalue weighted by atomic mass is 9.98. The van der Waals surface area contributed by atoms with Gasteiger partial charge in [0.1, 0.15) is 17.6 Å². The molecule has 2 atom stereocenters. The number of nitrogens with one attached hydrogen (secondary N) is 1. The minimum absolute atomic E-state index is 0.0388. The van der Waals surface area contributed by atoms with Crippen molar-refractivity contribution in [2.24, 2.45) is 0 Å². The Morgan fingerprint density at radius 1 is 1.04 bits per heavy atom. The maximum atomic E-state index is 14.3. The molecule has 1 amide bonds. The predicted molar refractivity (Wildman–Crippen MR) is 185 cm³/mol. The van der Waals surface area contributed by atoms with E-state index in [1.165, 1.54) is 36.2 Å². The van der Waals surface area contributed by atoms with Crippen LogP contribution in [0.3, 0.4) is 0 Å². The SMILES string of the molecule is CC(OC(=O)OC1CCCCC1)OC(=O)[C@H](O)CN(Cc1ccc(-c2cc(Cl)ccc2I)cc1)NC(=O)c1cc(-c2ccccc2F)no1. The van der Waals surface area contributed by atoms with Crippen LogP contribution < -0.4 is 5.43 Å². The number of amides is 1. The topological polar surface area (TPSA) is 140 Å². The smallest absolute Gasteiger partial charge is 0.431 e. The van der Waals surface area contributed by atoms with Crippen LogP contribution >= 0.6 is 34.2 Å². The van der Waals surface area contributed by atoms with E-state index in [9.17, 15) is 23.9 Å². The zero-order chi connectivity index (χ0) is 34.9. The highest BCUT2D eigenvalue weighted by atomic mass is 127. The fraction of sp³-hybridized carbons (Fsp3) is 0.314. The highest BCUT2D eigenvalue weighted by Gasteiger charge is 2.27. The molecule has 1 unspecified atom stereocenters. The number of esters is 1. The summed E-state index contributed by atoms with van der Waals surface area (Å²) in [6.07, 6.45) is 0.155. The van der Waals surface area contributed by atoms with Crippen LogP contribution in [0.4, 0.5) is 9.18 Å². The molecule has 3 aromatic carbocycles. The Labute approximate surface area is 300 Å². The summed E-state index contributed by atoms with van der Waals surface area (Å²) in [5, 5.41) is 16.5. The molecule has 1 aromatic heterocycles. The van der Waals surface area contributed by atoms with E-state index in [0.29, 0.717) is 10.6 Å². The number of benzene rings is 3. The van der Waals surface area contributed by atoms with Crippen LogP contribution in [0.25, 0.3) is 22.4 Å². The number of nitrogens with zero attached hydrogens (tertiary/aromatic N) is 2. The summed E-state index contributed by atoms with van der Waals surface area (Å²) in [5.41, 5.74) is 5.44. The molecule has 11 nitrogen and oxygen atoms in total. The lowest BCUT2D eigenvalue weighted by Crippen LogP contribution is -2.48. The number of carbonyl (C=O) groups is 3. The van der Waals surface area contributed by atoms with Crippen molar-refractivity contribution < 1.29 is 42.6 Å². The number of aromatic nitrogens is 1. The van der Waals surface area contributed by atoms with Gasteiger partial charge in [-0.05, 0) is 95.3 Å². The minimum atomic E-state index is -1.77. The third-order valence-corrected chi connectivity index (χ3v) is 8.91. The fourth-order valence-corrected chi connectivity index (χ4v) is 6.11. The van der Waals surface area contributed by atoms with E-state index >= 15 is 0 Å². The van der Waals surface area contributed by atoms with Gasteiger partial charge in [0.2, 0.25) is 12.1 Å². The molecule has 1 fully saturated rings. The number of hydrogen-bond acceptors (Lipinski definition) is 10. The van der Waals surface area contributed by atoms with Crippen LogP contribution in [-0.4, -0.2) is 58.3 Å². The van der Waals surface area contributed by atoms with Crippen molar-refractivity contribution in [2.45, 2.75) is 64.1 Å². The Hall–Kier alpha value is -4.05. The first-order valence-electron chi connectivity index (χ1n) is 15.6. The molecular weight excluding hydrogens is 772 g/mol. The van der Waals surface area contributed by atoms with Crippen LogP contribution in [-0.2, 0) is 25.5 Å². The van der Waals surface area contributed by atoms with Gasteiger partial charge in [-0.2, -0.15) is 0 Å². The second-order valence-electron chi connectivity index (χ2n) is 11.5. The Kier molecular flexibility index (Phi) is 12.6. The van der Waals surface area contributed by atoms with E-state index in [2.05, 4.69) is 33.2 Å². The summed E-state index contributed by atoms with van der Waals surface area (Å²) in [4.78, 5) is 38.2. The Morgan fingerprint density at radius 2 is 1.78 bits per heavy atom. The molecule has 0 bridgehead atoms. The van der Waals surface area contributed by atoms with Gasteiger partial charge in [-0.3, -0.25) is 10.2 Å². The lowest BCUT2D eigenvalue weighted by Gasteiger charge is -2.25. The first kappa shape index (κ1) is 36.2. The van der Waals surface area contributed by atoms with E-state index in [4.69, 9.17) is 30.3 Å². The number of carbonyl (C=O) groups excluding carboxylic acids is 3. The molecule has 1 aliphatic carbocycles. The third-order valence-electron chi connectivity index (χ3n) is 7.73. The van der Waals surface area contributed by atoms with E-state index in [1.54, 1.807) is 6.07 Å². The van der Waals surface area contributed by atoms with E-state index < -0.39 is 42.8 Å². The van der Waals surface area contributed by atoms with Gasteiger partial charge < -0.3 is 23.8 Å². The van der Waals surface area contributed by atoms with Crippen LogP contribution in [0.5, 0.6) is 0 Å². The Morgan fingerprint density at radius 3 is 2.51 bits per heavy atom. The zero-order valence-corrected chi connectivity index (χ0v) is 29.4. The third kappa shape index (κ3) is 10.2. The summed E-state index contributed by atoms with van der Waals surface area (Å²) < 4.78 is 36.0. The normalized spacial score (nSPS) is 14.6. The molecule has 258 valence electrons. The molecule has 2 N–H and O–H groups in total. The van der Waals surface area contributed by atoms with Gasteiger partial charge in [-0.15, -0.1) is 0 Å². The van der Waals surface area contributed by atoms with Gasteiger partial charge in [-0.1, -0.05) is 59.6 Å². The highest BCUT2D eigenvalue weighted by molar-refractivity contribution is 14.1. The van der Waals surface area contributed by atoms with Crippen molar-refractivity contribution in [1.82, 2.24) is 15.6 Å². The first-order chi connectivity index (χ1) is 23.5.